The van der Waals surface area contributed by atoms with Gasteiger partial charge in [0.25, 0.3) is 11.5 Å². The fourth-order valence-corrected chi connectivity index (χ4v) is 2.49. The molecule has 0 aliphatic carbocycles. The van der Waals surface area contributed by atoms with E-state index in [0.29, 0.717) is 5.69 Å². The first-order valence-electron chi connectivity index (χ1n) is 8.66. The summed E-state index contributed by atoms with van der Waals surface area (Å²) in [7, 11) is 0. The van der Waals surface area contributed by atoms with Gasteiger partial charge in [-0.1, -0.05) is 6.92 Å². The van der Waals surface area contributed by atoms with Gasteiger partial charge in [0.1, 0.15) is 5.82 Å². The van der Waals surface area contributed by atoms with Gasteiger partial charge >= 0.3 is 0 Å². The number of benzene rings is 2. The van der Waals surface area contributed by atoms with Gasteiger partial charge in [0.05, 0.1) is 5.69 Å². The zero-order chi connectivity index (χ0) is 21.0. The SMILES string of the molecule is CC[C@@H](Oc1ccc(=O)n(-c2ccc(F)cc2)n1)C(=O)Nc1ccc(F)c(F)c1. The number of carbonyl (C=O) groups excluding carboxylic acids is 1. The molecule has 0 aliphatic heterocycles. The molecule has 6 nitrogen and oxygen atoms in total. The van der Waals surface area contributed by atoms with Gasteiger partial charge in [-0.25, -0.2) is 13.2 Å². The molecule has 1 atom stereocenters. The fraction of sp³-hybridized carbons (Fsp3) is 0.150. The van der Waals surface area contributed by atoms with E-state index in [4.69, 9.17) is 4.74 Å². The minimum Gasteiger partial charge on any atom is -0.463 e. The highest BCUT2D eigenvalue weighted by Gasteiger charge is 2.20. The van der Waals surface area contributed by atoms with Gasteiger partial charge in [0.2, 0.25) is 5.88 Å². The van der Waals surface area contributed by atoms with Crippen molar-refractivity contribution in [3.63, 3.8) is 0 Å². The van der Waals surface area contributed by atoms with Crippen molar-refractivity contribution in [2.45, 2.75) is 19.4 Å². The number of nitrogens with zero attached hydrogens (tertiary/aromatic N) is 2. The van der Waals surface area contributed by atoms with Crippen LogP contribution in [0.25, 0.3) is 5.69 Å². The minimum atomic E-state index is -1.09. The van der Waals surface area contributed by atoms with E-state index in [1.807, 2.05) is 0 Å². The van der Waals surface area contributed by atoms with Crippen LogP contribution in [-0.4, -0.2) is 21.8 Å². The van der Waals surface area contributed by atoms with Crippen LogP contribution in [0.5, 0.6) is 5.88 Å². The first-order valence-corrected chi connectivity index (χ1v) is 8.66. The van der Waals surface area contributed by atoms with Crippen molar-refractivity contribution in [2.24, 2.45) is 0 Å². The molecule has 150 valence electrons. The molecule has 1 amide bonds. The summed E-state index contributed by atoms with van der Waals surface area (Å²) >= 11 is 0. The monoisotopic (exact) mass is 403 g/mol. The van der Waals surface area contributed by atoms with Crippen molar-refractivity contribution in [2.75, 3.05) is 5.32 Å². The second kappa shape index (κ2) is 8.59. The lowest BCUT2D eigenvalue weighted by Gasteiger charge is -2.17. The number of nitrogens with one attached hydrogen (secondary N) is 1. The second-order valence-electron chi connectivity index (χ2n) is 6.03. The number of anilines is 1. The van der Waals surface area contributed by atoms with Gasteiger partial charge < -0.3 is 10.1 Å². The molecule has 0 bridgehead atoms. The van der Waals surface area contributed by atoms with Crippen LogP contribution in [0.2, 0.25) is 0 Å². The standard InChI is InChI=1S/C20H16F3N3O3/c1-2-17(20(28)24-13-5-8-15(22)16(23)11-13)29-18-9-10-19(27)26(25-18)14-6-3-12(21)4-7-14/h3-11,17H,2H2,1H3,(H,24,28)/t17-/m1/s1. The highest BCUT2D eigenvalue weighted by Crippen LogP contribution is 2.16. The Morgan fingerprint density at radius 2 is 1.79 bits per heavy atom. The van der Waals surface area contributed by atoms with Crippen molar-refractivity contribution in [1.82, 2.24) is 9.78 Å². The predicted octanol–water partition coefficient (Wildman–Crippen LogP) is 3.45. The molecule has 1 aromatic heterocycles. The van der Waals surface area contributed by atoms with E-state index in [-0.39, 0.29) is 18.0 Å². The van der Waals surface area contributed by atoms with Gasteiger partial charge in [-0.2, -0.15) is 4.68 Å². The maximum atomic E-state index is 13.3. The number of carbonyl (C=O) groups is 1. The fourth-order valence-electron chi connectivity index (χ4n) is 2.49. The van der Waals surface area contributed by atoms with Crippen LogP contribution in [0.1, 0.15) is 13.3 Å². The van der Waals surface area contributed by atoms with E-state index in [0.717, 1.165) is 16.8 Å². The third-order valence-electron chi connectivity index (χ3n) is 3.96. The summed E-state index contributed by atoms with van der Waals surface area (Å²) in [6.45, 7) is 1.69. The maximum absolute atomic E-state index is 13.3. The van der Waals surface area contributed by atoms with Crippen molar-refractivity contribution >= 4 is 11.6 Å². The van der Waals surface area contributed by atoms with E-state index < -0.39 is 35.0 Å². The van der Waals surface area contributed by atoms with Gasteiger partial charge in [-0.05, 0) is 42.8 Å². The summed E-state index contributed by atoms with van der Waals surface area (Å²) in [5, 5.41) is 6.48. The number of hydrogen-bond acceptors (Lipinski definition) is 4. The average Bonchev–Trinajstić information content (AvgIpc) is 2.70. The zero-order valence-corrected chi connectivity index (χ0v) is 15.2. The zero-order valence-electron chi connectivity index (χ0n) is 15.2. The van der Waals surface area contributed by atoms with Crippen molar-refractivity contribution < 1.29 is 22.7 Å². The summed E-state index contributed by atoms with van der Waals surface area (Å²) in [5.74, 6) is -3.20. The molecule has 0 fully saturated rings. The lowest BCUT2D eigenvalue weighted by Crippen LogP contribution is -2.33. The molecule has 3 rings (SSSR count). The molecule has 0 aliphatic rings. The third kappa shape index (κ3) is 4.81. The van der Waals surface area contributed by atoms with Crippen LogP contribution < -0.4 is 15.6 Å². The van der Waals surface area contributed by atoms with Crippen LogP contribution in [-0.2, 0) is 4.79 Å². The number of ether oxygens (including phenoxy) is 1. The van der Waals surface area contributed by atoms with Crippen LogP contribution in [0.15, 0.2) is 59.4 Å². The molecule has 29 heavy (non-hydrogen) atoms. The van der Waals surface area contributed by atoms with Gasteiger partial charge in [-0.15, -0.1) is 5.10 Å². The number of rotatable bonds is 6. The highest BCUT2D eigenvalue weighted by molar-refractivity contribution is 5.94. The van der Waals surface area contributed by atoms with Crippen LogP contribution >= 0.6 is 0 Å². The third-order valence-corrected chi connectivity index (χ3v) is 3.96. The van der Waals surface area contributed by atoms with E-state index in [1.165, 1.54) is 42.5 Å². The summed E-state index contributed by atoms with van der Waals surface area (Å²) in [6.07, 6.45) is -0.762. The Hall–Kier alpha value is -3.62. The van der Waals surface area contributed by atoms with Crippen LogP contribution in [0, 0.1) is 17.5 Å². The summed E-state index contributed by atoms with van der Waals surface area (Å²) in [4.78, 5) is 24.5. The summed E-state index contributed by atoms with van der Waals surface area (Å²) in [6, 6.07) is 10.6. The number of hydrogen-bond donors (Lipinski definition) is 1. The molecule has 0 unspecified atom stereocenters. The predicted molar refractivity (Wildman–Crippen MR) is 99.5 cm³/mol. The first kappa shape index (κ1) is 20.1. The Balaban J connectivity index is 1.78. The molecule has 9 heteroatoms. The molecule has 2 aromatic carbocycles. The molecule has 1 heterocycles. The lowest BCUT2D eigenvalue weighted by molar-refractivity contribution is -0.123. The van der Waals surface area contributed by atoms with Crippen molar-refractivity contribution in [3.8, 4) is 11.6 Å². The Morgan fingerprint density at radius 3 is 2.45 bits per heavy atom. The van der Waals surface area contributed by atoms with E-state index in [1.54, 1.807) is 6.92 Å². The second-order valence-corrected chi connectivity index (χ2v) is 6.03. The van der Waals surface area contributed by atoms with Crippen molar-refractivity contribution in [3.05, 3.63) is 82.4 Å². The molecule has 3 aromatic rings. The number of halogens is 3. The van der Waals surface area contributed by atoms with Crippen LogP contribution in [0.4, 0.5) is 18.9 Å². The van der Waals surface area contributed by atoms with Gasteiger partial charge in [0.15, 0.2) is 17.7 Å². The van der Waals surface area contributed by atoms with E-state index >= 15 is 0 Å². The normalized spacial score (nSPS) is 11.7. The number of aromatic nitrogens is 2. The summed E-state index contributed by atoms with van der Waals surface area (Å²) < 4.78 is 46.0. The Labute approximate surface area is 163 Å². The topological polar surface area (TPSA) is 73.2 Å². The van der Waals surface area contributed by atoms with Crippen LogP contribution in [0.3, 0.4) is 0 Å². The largest absolute Gasteiger partial charge is 0.463 e. The molecule has 0 saturated heterocycles. The molecule has 0 spiro atoms. The highest BCUT2D eigenvalue weighted by atomic mass is 19.2. The number of amides is 1. The van der Waals surface area contributed by atoms with E-state index in [9.17, 15) is 22.8 Å². The Bertz CT molecular complexity index is 1080. The average molecular weight is 403 g/mol. The first-order chi connectivity index (χ1) is 13.9. The minimum absolute atomic E-state index is 0.0128. The Morgan fingerprint density at radius 1 is 1.07 bits per heavy atom. The molecular formula is C20H16F3N3O3. The van der Waals surface area contributed by atoms with E-state index in [2.05, 4.69) is 10.4 Å². The quantitative estimate of drug-likeness (QED) is 0.684. The van der Waals surface area contributed by atoms with Crippen molar-refractivity contribution in [1.29, 1.82) is 0 Å². The lowest BCUT2D eigenvalue weighted by atomic mass is 10.2. The molecular weight excluding hydrogens is 387 g/mol. The molecule has 1 N–H and O–H groups in total. The van der Waals surface area contributed by atoms with Gasteiger partial charge in [-0.3, -0.25) is 9.59 Å². The Kier molecular flexibility index (Phi) is 5.96. The maximum Gasteiger partial charge on any atom is 0.271 e. The molecule has 0 radical (unpaired) electrons. The van der Waals surface area contributed by atoms with Gasteiger partial charge in [0, 0.05) is 23.9 Å². The summed E-state index contributed by atoms with van der Waals surface area (Å²) in [5.41, 5.74) is -0.0791. The smallest absolute Gasteiger partial charge is 0.271 e. The molecule has 0 saturated carbocycles.